The van der Waals surface area contributed by atoms with Crippen molar-refractivity contribution in [3.05, 3.63) is 24.0 Å². The molecule has 1 N–H and O–H groups in total. The largest absolute Gasteiger partial charge is 0.488 e. The van der Waals surface area contributed by atoms with Crippen molar-refractivity contribution in [3.63, 3.8) is 0 Å². The molecule has 0 saturated carbocycles. The first-order chi connectivity index (χ1) is 8.48. The van der Waals surface area contributed by atoms with E-state index in [4.69, 9.17) is 14.6 Å². The lowest BCUT2D eigenvalue weighted by Crippen LogP contribution is -2.24. The number of hydrogen-bond donors (Lipinski definition) is 1. The Kier molecular flexibility index (Phi) is 3.52. The lowest BCUT2D eigenvalue weighted by atomic mass is 10.1. The fourth-order valence-electron chi connectivity index (χ4n) is 2.05. The minimum Gasteiger partial charge on any atom is -0.488 e. The zero-order valence-electron chi connectivity index (χ0n) is 10.5. The third-order valence-electron chi connectivity index (χ3n) is 2.95. The number of carboxylic acid groups (broad SMARTS) is 1. The molecule has 1 aliphatic rings. The lowest BCUT2D eigenvalue weighted by molar-refractivity contribution is -0.0328. The van der Waals surface area contributed by atoms with Gasteiger partial charge in [-0.3, -0.25) is 0 Å². The number of carbonyl (C=O) groups is 1. The van der Waals surface area contributed by atoms with E-state index in [1.54, 1.807) is 12.1 Å². The zero-order chi connectivity index (χ0) is 13.2. The number of aromatic carboxylic acids is 1. The number of rotatable bonds is 4. The van der Waals surface area contributed by atoms with Gasteiger partial charge in [-0.05, 0) is 38.8 Å². The summed E-state index contributed by atoms with van der Waals surface area (Å²) in [5.74, 6) is -0.795. The van der Waals surface area contributed by atoms with Gasteiger partial charge >= 0.3 is 5.97 Å². The van der Waals surface area contributed by atoms with Crippen molar-refractivity contribution in [1.82, 2.24) is 4.98 Å². The maximum absolute atomic E-state index is 10.9. The average Bonchev–Trinajstić information content (AvgIpc) is 2.66. The summed E-state index contributed by atoms with van der Waals surface area (Å²) in [6.07, 6.45) is 3.36. The highest BCUT2D eigenvalue weighted by atomic mass is 16.6. The van der Waals surface area contributed by atoms with Gasteiger partial charge in [0, 0.05) is 6.20 Å². The molecule has 18 heavy (non-hydrogen) atoms. The summed E-state index contributed by atoms with van der Waals surface area (Å²) in [6, 6.07) is 3.26. The van der Waals surface area contributed by atoms with Crippen LogP contribution in [-0.4, -0.2) is 34.4 Å². The number of pyridine rings is 1. The van der Waals surface area contributed by atoms with Crippen LogP contribution < -0.4 is 4.74 Å². The molecule has 0 aliphatic carbocycles. The van der Waals surface area contributed by atoms with Gasteiger partial charge in [0.1, 0.15) is 6.61 Å². The van der Waals surface area contributed by atoms with Gasteiger partial charge in [-0.15, -0.1) is 0 Å². The average molecular weight is 251 g/mol. The number of hydrogen-bond acceptors (Lipinski definition) is 4. The fraction of sp³-hybridized carbons (Fsp3) is 0.538. The molecule has 0 amide bonds. The molecule has 98 valence electrons. The summed E-state index contributed by atoms with van der Waals surface area (Å²) >= 11 is 0. The second-order valence-electron chi connectivity index (χ2n) is 5.00. The van der Waals surface area contributed by atoms with Gasteiger partial charge in [0.15, 0.2) is 11.4 Å². The first kappa shape index (κ1) is 12.8. The SMILES string of the molecule is CC1(C)CCC(COc2cccnc2C(=O)O)O1. The van der Waals surface area contributed by atoms with Gasteiger partial charge in [0.2, 0.25) is 0 Å². The van der Waals surface area contributed by atoms with Crippen molar-refractivity contribution in [2.24, 2.45) is 0 Å². The number of ether oxygens (including phenoxy) is 2. The van der Waals surface area contributed by atoms with Crippen LogP contribution in [0.2, 0.25) is 0 Å². The van der Waals surface area contributed by atoms with E-state index in [2.05, 4.69) is 4.98 Å². The monoisotopic (exact) mass is 251 g/mol. The molecule has 1 aromatic heterocycles. The Morgan fingerprint density at radius 3 is 3.06 bits per heavy atom. The van der Waals surface area contributed by atoms with E-state index in [1.807, 2.05) is 13.8 Å². The highest BCUT2D eigenvalue weighted by molar-refractivity contribution is 5.88. The highest BCUT2D eigenvalue weighted by Gasteiger charge is 2.32. The Bertz CT molecular complexity index is 444. The molecule has 1 fully saturated rings. The third-order valence-corrected chi connectivity index (χ3v) is 2.95. The molecular formula is C13H17NO4. The lowest BCUT2D eigenvalue weighted by Gasteiger charge is -2.19. The molecule has 0 radical (unpaired) electrons. The topological polar surface area (TPSA) is 68.7 Å². The van der Waals surface area contributed by atoms with Crippen LogP contribution in [0.4, 0.5) is 0 Å². The van der Waals surface area contributed by atoms with Crippen LogP contribution in [0.1, 0.15) is 37.2 Å². The normalized spacial score (nSPS) is 21.8. The molecule has 0 aromatic carbocycles. The Labute approximate surface area is 106 Å². The molecule has 2 rings (SSSR count). The number of carboxylic acids is 1. The molecule has 1 saturated heterocycles. The van der Waals surface area contributed by atoms with Gasteiger partial charge in [0.05, 0.1) is 11.7 Å². The van der Waals surface area contributed by atoms with E-state index >= 15 is 0 Å². The van der Waals surface area contributed by atoms with E-state index in [-0.39, 0.29) is 17.4 Å². The molecule has 1 aliphatic heterocycles. The molecule has 5 heteroatoms. The summed E-state index contributed by atoms with van der Waals surface area (Å²) in [6.45, 7) is 4.44. The van der Waals surface area contributed by atoms with Crippen LogP contribution in [0.5, 0.6) is 5.75 Å². The van der Waals surface area contributed by atoms with Crippen LogP contribution in [0.25, 0.3) is 0 Å². The molecule has 0 bridgehead atoms. The molecule has 1 atom stereocenters. The van der Waals surface area contributed by atoms with Crippen molar-refractivity contribution >= 4 is 5.97 Å². The zero-order valence-corrected chi connectivity index (χ0v) is 10.5. The number of nitrogens with zero attached hydrogens (tertiary/aromatic N) is 1. The molecule has 5 nitrogen and oxygen atoms in total. The standard InChI is InChI=1S/C13H17NO4/c1-13(2)6-5-9(18-13)8-17-10-4-3-7-14-11(10)12(15)16/h3-4,7,9H,5-6,8H2,1-2H3,(H,15,16). The molecule has 2 heterocycles. The summed E-state index contributed by atoms with van der Waals surface area (Å²) < 4.78 is 11.3. The Hall–Kier alpha value is -1.62. The van der Waals surface area contributed by atoms with Crippen molar-refractivity contribution in [3.8, 4) is 5.75 Å². The fourth-order valence-corrected chi connectivity index (χ4v) is 2.05. The summed E-state index contributed by atoms with van der Waals surface area (Å²) in [4.78, 5) is 14.7. The van der Waals surface area contributed by atoms with Crippen molar-refractivity contribution < 1.29 is 19.4 Å². The predicted octanol–water partition coefficient (Wildman–Crippen LogP) is 2.12. The first-order valence-electron chi connectivity index (χ1n) is 5.97. The van der Waals surface area contributed by atoms with Crippen molar-refractivity contribution in [2.45, 2.75) is 38.4 Å². The highest BCUT2D eigenvalue weighted by Crippen LogP contribution is 2.29. The van der Waals surface area contributed by atoms with Crippen molar-refractivity contribution in [1.29, 1.82) is 0 Å². The number of aromatic nitrogens is 1. The van der Waals surface area contributed by atoms with E-state index in [9.17, 15) is 4.79 Å². The van der Waals surface area contributed by atoms with E-state index in [1.165, 1.54) is 6.20 Å². The Balaban J connectivity index is 1.97. The summed E-state index contributed by atoms with van der Waals surface area (Å²) in [5, 5.41) is 8.97. The van der Waals surface area contributed by atoms with Crippen LogP contribution in [-0.2, 0) is 4.74 Å². The Morgan fingerprint density at radius 2 is 2.44 bits per heavy atom. The van der Waals surface area contributed by atoms with Crippen LogP contribution in [0.15, 0.2) is 18.3 Å². The van der Waals surface area contributed by atoms with E-state index in [0.29, 0.717) is 12.4 Å². The van der Waals surface area contributed by atoms with Gasteiger partial charge < -0.3 is 14.6 Å². The maximum atomic E-state index is 10.9. The van der Waals surface area contributed by atoms with E-state index < -0.39 is 5.97 Å². The summed E-state index contributed by atoms with van der Waals surface area (Å²) in [5.41, 5.74) is -0.173. The quantitative estimate of drug-likeness (QED) is 0.887. The van der Waals surface area contributed by atoms with Crippen LogP contribution in [0, 0.1) is 0 Å². The van der Waals surface area contributed by atoms with Crippen LogP contribution in [0.3, 0.4) is 0 Å². The van der Waals surface area contributed by atoms with Gasteiger partial charge in [-0.25, -0.2) is 9.78 Å². The maximum Gasteiger partial charge on any atom is 0.358 e. The van der Waals surface area contributed by atoms with E-state index in [0.717, 1.165) is 12.8 Å². The van der Waals surface area contributed by atoms with Gasteiger partial charge in [0.25, 0.3) is 0 Å². The van der Waals surface area contributed by atoms with Gasteiger partial charge in [-0.2, -0.15) is 0 Å². The molecule has 1 aromatic rings. The smallest absolute Gasteiger partial charge is 0.358 e. The van der Waals surface area contributed by atoms with Gasteiger partial charge in [-0.1, -0.05) is 0 Å². The third kappa shape index (κ3) is 2.98. The summed E-state index contributed by atoms with van der Waals surface area (Å²) in [7, 11) is 0. The Morgan fingerprint density at radius 1 is 1.67 bits per heavy atom. The second kappa shape index (κ2) is 4.94. The molecule has 1 unspecified atom stereocenters. The minimum absolute atomic E-state index is 0.0156. The first-order valence-corrected chi connectivity index (χ1v) is 5.97. The second-order valence-corrected chi connectivity index (χ2v) is 5.00. The van der Waals surface area contributed by atoms with Crippen molar-refractivity contribution in [2.75, 3.05) is 6.61 Å². The molecule has 0 spiro atoms. The van der Waals surface area contributed by atoms with Crippen LogP contribution >= 0.6 is 0 Å². The minimum atomic E-state index is -1.08. The predicted molar refractivity (Wildman–Crippen MR) is 64.9 cm³/mol. The molecular weight excluding hydrogens is 234 g/mol.